The number of carbonyl (C=O) groups excluding carboxylic acids is 2. The Morgan fingerprint density at radius 3 is 2.50 bits per heavy atom. The van der Waals surface area contributed by atoms with Gasteiger partial charge >= 0.3 is 5.97 Å². The molecular weight excluding hydrogens is 306 g/mol. The molecule has 7 heteroatoms. The number of fused-ring (bicyclic) bond motifs is 2. The molecule has 6 nitrogen and oxygen atoms in total. The molecule has 4 fully saturated rings. The zero-order valence-electron chi connectivity index (χ0n) is 11.5. The van der Waals surface area contributed by atoms with Gasteiger partial charge in [-0.3, -0.25) is 9.59 Å². The molecule has 6 unspecified atom stereocenters. The van der Waals surface area contributed by atoms with Gasteiger partial charge in [0.15, 0.2) is 0 Å². The monoisotopic (exact) mass is 319 g/mol. The van der Waals surface area contributed by atoms with Crippen LogP contribution in [0.25, 0.3) is 0 Å². The van der Waals surface area contributed by atoms with Crippen LogP contribution in [0.3, 0.4) is 0 Å². The maximum atomic E-state index is 12.9. The second kappa shape index (κ2) is 3.71. The number of carbonyl (C=O) groups is 2. The van der Waals surface area contributed by atoms with Gasteiger partial charge in [0, 0.05) is 5.92 Å². The summed E-state index contributed by atoms with van der Waals surface area (Å²) >= 11 is 0. The van der Waals surface area contributed by atoms with Crippen molar-refractivity contribution in [3.05, 3.63) is 30.3 Å². The molecule has 2 saturated carbocycles. The summed E-state index contributed by atoms with van der Waals surface area (Å²) in [4.78, 5) is 24.7. The number of ether oxygens (including phenoxy) is 1. The minimum Gasteiger partial charge on any atom is -0.460 e. The predicted molar refractivity (Wildman–Crippen MR) is 72.7 cm³/mol. The SMILES string of the molecule is O=C1OC2C3CC4C(C(=O)N(S(=O)(=O)c5ccccc5)C42)C13. The molecule has 2 bridgehead atoms. The molecule has 0 spiro atoms. The van der Waals surface area contributed by atoms with Gasteiger partial charge in [-0.25, -0.2) is 12.7 Å². The minimum atomic E-state index is -3.90. The van der Waals surface area contributed by atoms with E-state index in [0.29, 0.717) is 6.42 Å². The standard InChI is InChI=1S/C15H13NO5S/c17-14-10-8-6-9-11(10)15(18)21-13(9)12(8)16(14)22(19,20)7-4-2-1-3-5-7/h1-5,8-13H,6H2. The van der Waals surface area contributed by atoms with Crippen LogP contribution in [0.2, 0.25) is 0 Å². The Kier molecular flexibility index (Phi) is 2.13. The summed E-state index contributed by atoms with van der Waals surface area (Å²) < 4.78 is 32.1. The van der Waals surface area contributed by atoms with E-state index in [1.807, 2.05) is 0 Å². The van der Waals surface area contributed by atoms with Gasteiger partial charge in [-0.15, -0.1) is 0 Å². The predicted octanol–water partition coefficient (Wildman–Crippen LogP) is 0.394. The fourth-order valence-corrected chi connectivity index (χ4v) is 6.62. The average Bonchev–Trinajstić information content (AvgIpc) is 3.14. The lowest BCUT2D eigenvalue weighted by molar-refractivity contribution is -0.149. The van der Waals surface area contributed by atoms with Crippen molar-refractivity contribution in [1.29, 1.82) is 0 Å². The lowest BCUT2D eigenvalue weighted by Crippen LogP contribution is -2.45. The second-order valence-electron chi connectivity index (χ2n) is 6.46. The van der Waals surface area contributed by atoms with Crippen LogP contribution in [0, 0.1) is 23.7 Å². The third-order valence-corrected chi connectivity index (χ3v) is 7.46. The number of nitrogens with zero attached hydrogens (tertiary/aromatic N) is 1. The number of esters is 1. The van der Waals surface area contributed by atoms with Crippen LogP contribution in [0.15, 0.2) is 35.2 Å². The van der Waals surface area contributed by atoms with E-state index in [2.05, 4.69) is 0 Å². The van der Waals surface area contributed by atoms with Crippen molar-refractivity contribution in [2.75, 3.05) is 0 Å². The van der Waals surface area contributed by atoms with E-state index in [-0.39, 0.29) is 22.7 Å². The second-order valence-corrected chi connectivity index (χ2v) is 8.27. The van der Waals surface area contributed by atoms with Crippen LogP contribution in [0.1, 0.15) is 6.42 Å². The summed E-state index contributed by atoms with van der Waals surface area (Å²) in [5.41, 5.74) is 0. The van der Waals surface area contributed by atoms with Crippen LogP contribution in [-0.4, -0.2) is 36.7 Å². The quantitative estimate of drug-likeness (QED) is 0.737. The number of benzene rings is 1. The van der Waals surface area contributed by atoms with Crippen molar-refractivity contribution in [3.63, 3.8) is 0 Å². The van der Waals surface area contributed by atoms with E-state index < -0.39 is 39.9 Å². The van der Waals surface area contributed by atoms with Crippen LogP contribution in [-0.2, 0) is 24.3 Å². The number of hydrogen-bond acceptors (Lipinski definition) is 5. The average molecular weight is 319 g/mol. The van der Waals surface area contributed by atoms with Crippen molar-refractivity contribution < 1.29 is 22.7 Å². The van der Waals surface area contributed by atoms with Crippen LogP contribution in [0.4, 0.5) is 0 Å². The van der Waals surface area contributed by atoms with Crippen molar-refractivity contribution in [2.45, 2.75) is 23.5 Å². The van der Waals surface area contributed by atoms with Gasteiger partial charge in [-0.2, -0.15) is 0 Å². The molecule has 2 aliphatic carbocycles. The van der Waals surface area contributed by atoms with Gasteiger partial charge in [0.1, 0.15) is 6.10 Å². The third kappa shape index (κ3) is 1.21. The van der Waals surface area contributed by atoms with E-state index in [4.69, 9.17) is 4.74 Å². The molecule has 114 valence electrons. The molecule has 2 aliphatic heterocycles. The zero-order valence-corrected chi connectivity index (χ0v) is 12.3. The number of amides is 1. The molecule has 2 heterocycles. The van der Waals surface area contributed by atoms with Gasteiger partial charge in [0.2, 0.25) is 5.91 Å². The Hall–Kier alpha value is -1.89. The molecule has 5 rings (SSSR count). The molecule has 0 N–H and O–H groups in total. The van der Waals surface area contributed by atoms with E-state index in [9.17, 15) is 18.0 Å². The molecule has 1 amide bonds. The van der Waals surface area contributed by atoms with Gasteiger partial charge in [0.25, 0.3) is 10.0 Å². The Bertz CT molecular complexity index is 802. The number of sulfonamides is 1. The first-order valence-corrected chi connectivity index (χ1v) is 8.79. The summed E-state index contributed by atoms with van der Waals surface area (Å²) in [6.07, 6.45) is 0.256. The van der Waals surface area contributed by atoms with E-state index in [0.717, 1.165) is 4.31 Å². The smallest absolute Gasteiger partial charge is 0.310 e. The lowest BCUT2D eigenvalue weighted by atomic mass is 9.81. The summed E-state index contributed by atoms with van der Waals surface area (Å²) in [6.45, 7) is 0. The first-order valence-electron chi connectivity index (χ1n) is 7.35. The summed E-state index contributed by atoms with van der Waals surface area (Å²) in [7, 11) is -3.90. The van der Waals surface area contributed by atoms with Crippen LogP contribution in [0.5, 0.6) is 0 Å². The first-order chi connectivity index (χ1) is 10.5. The van der Waals surface area contributed by atoms with Gasteiger partial charge in [-0.1, -0.05) is 18.2 Å². The first kappa shape index (κ1) is 12.6. The third-order valence-electron chi connectivity index (χ3n) is 5.65. The molecule has 0 radical (unpaired) electrons. The Morgan fingerprint density at radius 1 is 1.05 bits per heavy atom. The lowest BCUT2D eigenvalue weighted by Gasteiger charge is -2.27. The molecule has 22 heavy (non-hydrogen) atoms. The number of rotatable bonds is 2. The Balaban J connectivity index is 1.64. The largest absolute Gasteiger partial charge is 0.460 e. The molecule has 1 aromatic rings. The normalized spacial score (nSPS) is 41.4. The van der Waals surface area contributed by atoms with E-state index in [1.165, 1.54) is 12.1 Å². The number of hydrogen-bond donors (Lipinski definition) is 0. The van der Waals surface area contributed by atoms with Gasteiger partial charge in [-0.05, 0) is 24.5 Å². The van der Waals surface area contributed by atoms with Gasteiger partial charge in [0.05, 0.1) is 22.8 Å². The summed E-state index contributed by atoms with van der Waals surface area (Å²) in [6, 6.07) is 7.44. The zero-order chi connectivity index (χ0) is 15.2. The highest BCUT2D eigenvalue weighted by Gasteiger charge is 2.75. The topological polar surface area (TPSA) is 80.8 Å². The summed E-state index contributed by atoms with van der Waals surface area (Å²) in [5.74, 6) is -1.76. The van der Waals surface area contributed by atoms with Crippen molar-refractivity contribution >= 4 is 21.9 Å². The van der Waals surface area contributed by atoms with Crippen LogP contribution >= 0.6 is 0 Å². The van der Waals surface area contributed by atoms with Gasteiger partial charge < -0.3 is 4.74 Å². The van der Waals surface area contributed by atoms with E-state index >= 15 is 0 Å². The van der Waals surface area contributed by atoms with E-state index in [1.54, 1.807) is 18.2 Å². The van der Waals surface area contributed by atoms with Crippen molar-refractivity contribution in [1.82, 2.24) is 4.31 Å². The molecule has 6 atom stereocenters. The minimum absolute atomic E-state index is 0.00687. The molecule has 0 aromatic heterocycles. The maximum absolute atomic E-state index is 12.9. The maximum Gasteiger partial charge on any atom is 0.310 e. The molecule has 4 aliphatic rings. The highest BCUT2D eigenvalue weighted by atomic mass is 32.2. The summed E-state index contributed by atoms with van der Waals surface area (Å²) in [5, 5.41) is 0. The highest BCUT2D eigenvalue weighted by Crippen LogP contribution is 2.63. The molecule has 1 aromatic carbocycles. The van der Waals surface area contributed by atoms with Crippen molar-refractivity contribution in [2.24, 2.45) is 23.7 Å². The fourth-order valence-electron chi connectivity index (χ4n) is 4.94. The highest BCUT2D eigenvalue weighted by molar-refractivity contribution is 7.89. The van der Waals surface area contributed by atoms with Crippen LogP contribution < -0.4 is 0 Å². The molecule has 2 saturated heterocycles. The van der Waals surface area contributed by atoms with Crippen molar-refractivity contribution in [3.8, 4) is 0 Å². The molecular formula is C15H13NO5S. The Morgan fingerprint density at radius 2 is 1.77 bits per heavy atom. The fraction of sp³-hybridized carbons (Fsp3) is 0.467. The Labute approximate surface area is 127 Å².